The third-order valence-corrected chi connectivity index (χ3v) is 10.9. The number of aliphatic hydroxyl groups excluding tert-OH is 3. The number of aliphatic hydroxyl groups is 3. The molecule has 0 amide bonds. The van der Waals surface area contributed by atoms with Gasteiger partial charge in [-0.2, -0.15) is 8.42 Å². The molecule has 1 aliphatic heterocycles. The summed E-state index contributed by atoms with van der Waals surface area (Å²) in [6.07, 6.45) is 37.0. The zero-order valence-electron chi connectivity index (χ0n) is 37.3. The number of rotatable bonds is 40. The van der Waals surface area contributed by atoms with Crippen LogP contribution in [0.15, 0.2) is 48.6 Å². The van der Waals surface area contributed by atoms with Crippen LogP contribution >= 0.6 is 0 Å². The van der Waals surface area contributed by atoms with E-state index in [1.54, 1.807) is 0 Å². The molecule has 0 saturated carbocycles. The van der Waals surface area contributed by atoms with Gasteiger partial charge < -0.3 is 34.3 Å². The number of esters is 1. The molecule has 4 N–H and O–H groups in total. The van der Waals surface area contributed by atoms with Crippen molar-refractivity contribution in [1.29, 1.82) is 0 Å². The lowest BCUT2D eigenvalue weighted by Gasteiger charge is -2.41. The number of carbonyl (C=O) groups excluding carboxylic acids is 1. The summed E-state index contributed by atoms with van der Waals surface area (Å²) in [5.41, 5.74) is 0. The Kier molecular flexibility index (Phi) is 36.2. The Labute approximate surface area is 364 Å². The zero-order valence-corrected chi connectivity index (χ0v) is 38.1. The Bertz CT molecular complexity index is 1240. The largest absolute Gasteiger partial charge is 0.457 e. The lowest BCUT2D eigenvalue weighted by Crippen LogP contribution is -2.60. The molecule has 0 aromatic heterocycles. The highest BCUT2D eigenvalue weighted by molar-refractivity contribution is 7.80. The van der Waals surface area contributed by atoms with Gasteiger partial charge in [0.2, 0.25) is 0 Å². The topological polar surface area (TPSA) is 178 Å². The van der Waals surface area contributed by atoms with E-state index < -0.39 is 59.8 Å². The van der Waals surface area contributed by atoms with Gasteiger partial charge in [-0.05, 0) is 77.0 Å². The van der Waals surface area contributed by atoms with Crippen molar-refractivity contribution in [2.24, 2.45) is 0 Å². The van der Waals surface area contributed by atoms with Crippen molar-refractivity contribution >= 4 is 16.4 Å². The fourth-order valence-corrected chi connectivity index (χ4v) is 7.36. The molecule has 13 heteroatoms. The molecule has 0 bridgehead atoms. The van der Waals surface area contributed by atoms with Crippen LogP contribution in [-0.2, 0) is 38.3 Å². The Hall–Kier alpha value is -1.94. The molecule has 1 rings (SSSR count). The summed E-state index contributed by atoms with van der Waals surface area (Å²) >= 11 is 0. The van der Waals surface area contributed by atoms with Crippen LogP contribution in [0.4, 0.5) is 0 Å². The average Bonchev–Trinajstić information content (AvgIpc) is 3.22. The van der Waals surface area contributed by atoms with Crippen molar-refractivity contribution in [3.8, 4) is 0 Å². The molecule has 0 radical (unpaired) electrons. The van der Waals surface area contributed by atoms with Crippen LogP contribution in [0.3, 0.4) is 0 Å². The molecule has 0 aromatic rings. The summed E-state index contributed by atoms with van der Waals surface area (Å²) in [5, 5.41) is 30.7. The molecule has 1 heterocycles. The minimum absolute atomic E-state index is 0.0246. The SMILES string of the molecule is CCCCC/C=C\C/C=C\CCCCCCCCCC(=O)OC(COCCCCCCCC/C=C\C/C=C\CCCCC)COC1OC(CO)C(O)C(OS(=O)(=O)O)C1O. The van der Waals surface area contributed by atoms with Gasteiger partial charge in [0.05, 0.1) is 19.8 Å². The van der Waals surface area contributed by atoms with Gasteiger partial charge in [0.25, 0.3) is 0 Å². The molecule has 350 valence electrons. The second-order valence-corrected chi connectivity index (χ2v) is 17.0. The first-order valence-corrected chi connectivity index (χ1v) is 24.8. The molecule has 0 aromatic carbocycles. The fourth-order valence-electron chi connectivity index (χ4n) is 6.85. The van der Waals surface area contributed by atoms with Gasteiger partial charge >= 0.3 is 16.4 Å². The first-order valence-electron chi connectivity index (χ1n) is 23.4. The van der Waals surface area contributed by atoms with Crippen LogP contribution in [0.2, 0.25) is 0 Å². The van der Waals surface area contributed by atoms with Crippen molar-refractivity contribution in [2.45, 2.75) is 218 Å². The maximum atomic E-state index is 12.9. The lowest BCUT2D eigenvalue weighted by molar-refractivity contribution is -0.301. The average molecular weight is 873 g/mol. The van der Waals surface area contributed by atoms with Gasteiger partial charge in [0.1, 0.15) is 30.5 Å². The van der Waals surface area contributed by atoms with Crippen LogP contribution < -0.4 is 0 Å². The minimum Gasteiger partial charge on any atom is -0.457 e. The highest BCUT2D eigenvalue weighted by atomic mass is 32.3. The summed E-state index contributed by atoms with van der Waals surface area (Å²) in [6.45, 7) is 3.90. The second kappa shape index (κ2) is 38.7. The van der Waals surface area contributed by atoms with Crippen LogP contribution in [0.5, 0.6) is 0 Å². The monoisotopic (exact) mass is 873 g/mol. The molecule has 12 nitrogen and oxygen atoms in total. The smallest absolute Gasteiger partial charge is 0.397 e. The molecule has 6 atom stereocenters. The molecule has 60 heavy (non-hydrogen) atoms. The number of carbonyl (C=O) groups is 1. The van der Waals surface area contributed by atoms with E-state index in [9.17, 15) is 28.5 Å². The van der Waals surface area contributed by atoms with Crippen LogP contribution in [0.1, 0.15) is 181 Å². The van der Waals surface area contributed by atoms with Gasteiger partial charge in [0.15, 0.2) is 6.29 Å². The van der Waals surface area contributed by atoms with Gasteiger partial charge in [-0.15, -0.1) is 0 Å². The number of ether oxygens (including phenoxy) is 4. The maximum Gasteiger partial charge on any atom is 0.397 e. The second-order valence-electron chi connectivity index (χ2n) is 16.0. The predicted molar refractivity (Wildman–Crippen MR) is 239 cm³/mol. The molecule has 6 unspecified atom stereocenters. The predicted octanol–water partition coefficient (Wildman–Crippen LogP) is 9.97. The molecule has 1 saturated heterocycles. The van der Waals surface area contributed by atoms with Gasteiger partial charge in [-0.25, -0.2) is 4.18 Å². The van der Waals surface area contributed by atoms with E-state index in [2.05, 4.69) is 66.6 Å². The first kappa shape index (κ1) is 56.1. The zero-order chi connectivity index (χ0) is 43.9. The van der Waals surface area contributed by atoms with E-state index in [-0.39, 0.29) is 19.6 Å². The standard InChI is InChI=1S/C47H84O12S/c1-3-5-7-9-11-13-15-17-19-21-22-24-26-28-30-32-34-36-43(49)57-41(40-56-47-45(51)46(59-60(52,53)54)44(50)42(38-48)58-47)39-55-37-35-33-31-29-27-25-23-20-18-16-14-12-10-8-6-4-2/h11-14,17-20,41-42,44-48,50-51H,3-10,15-16,21-40H2,1-2H3,(H,52,53,54)/b13-11-,14-12-,19-17-,20-18-. The number of hydrogen-bond donors (Lipinski definition) is 4. The summed E-state index contributed by atoms with van der Waals surface area (Å²) in [6, 6.07) is 0. The van der Waals surface area contributed by atoms with Crippen LogP contribution in [0.25, 0.3) is 0 Å². The number of allylic oxidation sites excluding steroid dienone is 8. The lowest BCUT2D eigenvalue weighted by atomic mass is 9.99. The van der Waals surface area contributed by atoms with Crippen LogP contribution in [0, 0.1) is 0 Å². The Morgan fingerprint density at radius 3 is 1.58 bits per heavy atom. The van der Waals surface area contributed by atoms with E-state index >= 15 is 0 Å². The van der Waals surface area contributed by atoms with Gasteiger partial charge in [-0.1, -0.05) is 146 Å². The van der Waals surface area contributed by atoms with E-state index in [1.807, 2.05) is 0 Å². The molecule has 0 spiro atoms. The first-order chi connectivity index (χ1) is 29.1. The van der Waals surface area contributed by atoms with Crippen molar-refractivity contribution in [1.82, 2.24) is 0 Å². The van der Waals surface area contributed by atoms with Crippen molar-refractivity contribution in [3.05, 3.63) is 48.6 Å². The third-order valence-electron chi connectivity index (χ3n) is 10.4. The molecule has 1 aliphatic rings. The summed E-state index contributed by atoms with van der Waals surface area (Å²) in [7, 11) is -5.07. The Morgan fingerprint density at radius 1 is 0.633 bits per heavy atom. The van der Waals surface area contributed by atoms with Crippen molar-refractivity contribution in [2.75, 3.05) is 26.4 Å². The number of hydrogen-bond acceptors (Lipinski definition) is 11. The highest BCUT2D eigenvalue weighted by Crippen LogP contribution is 2.26. The number of unbranched alkanes of at least 4 members (excludes halogenated alkanes) is 19. The molecular weight excluding hydrogens is 789 g/mol. The molecule has 1 fully saturated rings. The van der Waals surface area contributed by atoms with E-state index in [0.717, 1.165) is 70.6 Å². The van der Waals surface area contributed by atoms with Crippen molar-refractivity contribution < 1.29 is 56.2 Å². The van der Waals surface area contributed by atoms with Gasteiger partial charge in [0, 0.05) is 13.0 Å². The summed E-state index contributed by atoms with van der Waals surface area (Å²) in [4.78, 5) is 12.9. The summed E-state index contributed by atoms with van der Waals surface area (Å²) in [5.74, 6) is -0.412. The minimum atomic E-state index is -5.07. The highest BCUT2D eigenvalue weighted by Gasteiger charge is 2.48. The molecule has 0 aliphatic carbocycles. The maximum absolute atomic E-state index is 12.9. The van der Waals surface area contributed by atoms with Gasteiger partial charge in [-0.3, -0.25) is 9.35 Å². The molecular formula is C47H84O12S. The third kappa shape index (κ3) is 31.8. The summed E-state index contributed by atoms with van der Waals surface area (Å²) < 4.78 is 59.1. The van der Waals surface area contributed by atoms with E-state index in [4.69, 9.17) is 23.5 Å². The van der Waals surface area contributed by atoms with Crippen LogP contribution in [-0.4, -0.2) is 97.5 Å². The van der Waals surface area contributed by atoms with E-state index in [1.165, 1.54) is 83.5 Å². The Balaban J connectivity index is 2.43. The normalized spacial score (nSPS) is 20.7. The Morgan fingerprint density at radius 2 is 1.10 bits per heavy atom. The quantitative estimate of drug-likeness (QED) is 0.0199. The fraction of sp³-hybridized carbons (Fsp3) is 0.809. The van der Waals surface area contributed by atoms with Crippen molar-refractivity contribution in [3.63, 3.8) is 0 Å². The van der Waals surface area contributed by atoms with E-state index in [0.29, 0.717) is 13.0 Å².